The van der Waals surface area contributed by atoms with Crippen molar-refractivity contribution in [2.24, 2.45) is 0 Å². The molecule has 0 bridgehead atoms. The van der Waals surface area contributed by atoms with Crippen LogP contribution in [0, 0.1) is 0 Å². The molecule has 10 heteroatoms. The number of carboxylic acid groups (broad SMARTS) is 1. The van der Waals surface area contributed by atoms with Gasteiger partial charge in [0.15, 0.2) is 11.5 Å². The average Bonchev–Trinajstić information content (AvgIpc) is 2.82. The first-order chi connectivity index (χ1) is 11.8. The number of hydrogen-bond donors (Lipinski definition) is 3. The number of carbonyl (C=O) groups excluding carboxylic acids is 2. The van der Waals surface area contributed by atoms with E-state index in [1.807, 2.05) is 0 Å². The second kappa shape index (κ2) is 7.99. The van der Waals surface area contributed by atoms with Crippen molar-refractivity contribution in [1.29, 1.82) is 0 Å². The molecule has 0 unspecified atom stereocenters. The fourth-order valence-electron chi connectivity index (χ4n) is 1.95. The maximum atomic E-state index is 12.4. The molecular weight excluding hydrogens is 368 g/mol. The zero-order valence-electron chi connectivity index (χ0n) is 13.0. The highest BCUT2D eigenvalue weighted by Crippen LogP contribution is 2.34. The molecule has 3 N–H and O–H groups in total. The molecule has 2 amide bonds. The summed E-state index contributed by atoms with van der Waals surface area (Å²) >= 11 is 6.13. The Morgan fingerprint density at radius 2 is 2.16 bits per heavy atom. The lowest BCUT2D eigenvalue weighted by molar-refractivity contribution is -0.138. The fourth-order valence-corrected chi connectivity index (χ4v) is 3.20. The lowest BCUT2D eigenvalue weighted by Crippen LogP contribution is -2.41. The first-order valence-electron chi connectivity index (χ1n) is 6.92. The van der Waals surface area contributed by atoms with Gasteiger partial charge in [0.05, 0.1) is 12.0 Å². The lowest BCUT2D eigenvalue weighted by atomic mass is 10.2. The number of phenols is 1. The number of carbonyl (C=O) groups is 3. The number of aliphatic carboxylic acids is 1. The smallest absolute Gasteiger partial charge is 0.322 e. The van der Waals surface area contributed by atoms with Crippen LogP contribution in [-0.2, 0) is 14.4 Å². The minimum Gasteiger partial charge on any atom is -0.504 e. The van der Waals surface area contributed by atoms with Crippen molar-refractivity contribution >= 4 is 52.2 Å². The molecule has 1 aromatic carbocycles. The van der Waals surface area contributed by atoms with Crippen LogP contribution in [-0.4, -0.2) is 57.4 Å². The summed E-state index contributed by atoms with van der Waals surface area (Å²) in [5.74, 6) is -2.02. The van der Waals surface area contributed by atoms with Crippen molar-refractivity contribution in [3.63, 3.8) is 0 Å². The first kappa shape index (κ1) is 18.7. The molecule has 0 aromatic heterocycles. The monoisotopic (exact) mass is 382 g/mol. The van der Waals surface area contributed by atoms with Gasteiger partial charge in [-0.2, -0.15) is 0 Å². The molecule has 8 nitrogen and oxygen atoms in total. The van der Waals surface area contributed by atoms with Gasteiger partial charge in [-0.3, -0.25) is 19.3 Å². The lowest BCUT2D eigenvalue weighted by Gasteiger charge is -2.13. The second-order valence-corrected chi connectivity index (χ2v) is 6.55. The number of thioether (sulfide) groups is 1. The molecule has 0 saturated carbocycles. The molecule has 0 spiro atoms. The van der Waals surface area contributed by atoms with Crippen LogP contribution in [0.4, 0.5) is 0 Å². The second-order valence-electron chi connectivity index (χ2n) is 4.87. The summed E-state index contributed by atoms with van der Waals surface area (Å²) in [6, 6.07) is 4.59. The molecule has 1 saturated heterocycles. The summed E-state index contributed by atoms with van der Waals surface area (Å²) in [7, 11) is 1.41. The number of benzene rings is 1. The van der Waals surface area contributed by atoms with E-state index in [0.29, 0.717) is 10.5 Å². The summed E-state index contributed by atoms with van der Waals surface area (Å²) in [5.41, 5.74) is 0.616. The normalized spacial score (nSPS) is 15.6. The van der Waals surface area contributed by atoms with Gasteiger partial charge in [0.2, 0.25) is 5.91 Å². The SMILES string of the molecule is COc1cc(/C=C2\SC(=S)N(CC(=O)NCC(=O)O)C2=O)ccc1O. The number of ether oxygens (including phenoxy) is 1. The minimum atomic E-state index is -1.18. The number of methoxy groups -OCH3 is 1. The van der Waals surface area contributed by atoms with Gasteiger partial charge in [0.25, 0.3) is 5.91 Å². The van der Waals surface area contributed by atoms with Crippen LogP contribution in [0.1, 0.15) is 5.56 Å². The Hall–Kier alpha value is -2.59. The largest absolute Gasteiger partial charge is 0.504 e. The number of nitrogens with one attached hydrogen (secondary N) is 1. The number of aromatic hydroxyl groups is 1. The van der Waals surface area contributed by atoms with E-state index in [4.69, 9.17) is 22.1 Å². The van der Waals surface area contributed by atoms with Crippen LogP contribution in [0.3, 0.4) is 0 Å². The van der Waals surface area contributed by atoms with E-state index in [2.05, 4.69) is 5.32 Å². The van der Waals surface area contributed by atoms with Crippen LogP contribution in [0.25, 0.3) is 6.08 Å². The molecule has 0 radical (unpaired) electrons. The predicted octanol–water partition coefficient (Wildman–Crippen LogP) is 0.803. The number of amides is 2. The standard InChI is InChI=1S/C15H14N2O6S2/c1-23-10-4-8(2-3-9(10)18)5-11-14(22)17(15(24)25-11)7-12(19)16-6-13(20)21/h2-5,18H,6-7H2,1H3,(H,16,19)(H,20,21)/b11-5-. The van der Waals surface area contributed by atoms with Crippen LogP contribution >= 0.6 is 24.0 Å². The number of thiocarbonyl (C=S) groups is 1. The van der Waals surface area contributed by atoms with E-state index in [9.17, 15) is 19.5 Å². The van der Waals surface area contributed by atoms with E-state index < -0.39 is 24.3 Å². The molecule has 1 aliphatic heterocycles. The molecule has 1 aromatic rings. The molecule has 0 atom stereocenters. The molecule has 1 heterocycles. The van der Waals surface area contributed by atoms with Crippen molar-refractivity contribution < 1.29 is 29.3 Å². The van der Waals surface area contributed by atoms with Crippen molar-refractivity contribution in [3.05, 3.63) is 28.7 Å². The molecular formula is C15H14N2O6S2. The van der Waals surface area contributed by atoms with Crippen LogP contribution in [0.5, 0.6) is 11.5 Å². The Balaban J connectivity index is 2.12. The zero-order chi connectivity index (χ0) is 18.6. The van der Waals surface area contributed by atoms with Crippen molar-refractivity contribution in [1.82, 2.24) is 10.2 Å². The summed E-state index contributed by atoms with van der Waals surface area (Å²) in [5, 5.41) is 20.3. The first-order valence-corrected chi connectivity index (χ1v) is 8.15. The van der Waals surface area contributed by atoms with Crippen LogP contribution in [0.2, 0.25) is 0 Å². The minimum absolute atomic E-state index is 0.0256. The third kappa shape index (κ3) is 4.70. The van der Waals surface area contributed by atoms with Crippen molar-refractivity contribution in [2.75, 3.05) is 20.2 Å². The van der Waals surface area contributed by atoms with E-state index in [-0.39, 0.29) is 22.4 Å². The van der Waals surface area contributed by atoms with Gasteiger partial charge in [-0.1, -0.05) is 30.0 Å². The van der Waals surface area contributed by atoms with Crippen LogP contribution in [0.15, 0.2) is 23.1 Å². The highest BCUT2D eigenvalue weighted by atomic mass is 32.2. The molecule has 1 aliphatic rings. The molecule has 25 heavy (non-hydrogen) atoms. The quantitative estimate of drug-likeness (QED) is 0.489. The summed E-state index contributed by atoms with van der Waals surface area (Å²) < 4.78 is 5.21. The van der Waals surface area contributed by atoms with Gasteiger partial charge < -0.3 is 20.3 Å². The van der Waals surface area contributed by atoms with E-state index in [1.165, 1.54) is 13.2 Å². The Labute approximate surface area is 152 Å². The van der Waals surface area contributed by atoms with Gasteiger partial charge in [-0.25, -0.2) is 0 Å². The third-order valence-corrected chi connectivity index (χ3v) is 4.49. The highest BCUT2D eigenvalue weighted by molar-refractivity contribution is 8.26. The third-order valence-electron chi connectivity index (χ3n) is 3.11. The highest BCUT2D eigenvalue weighted by Gasteiger charge is 2.33. The average molecular weight is 382 g/mol. The van der Waals surface area contributed by atoms with Crippen molar-refractivity contribution in [3.8, 4) is 11.5 Å². The van der Waals surface area contributed by atoms with Crippen LogP contribution < -0.4 is 10.1 Å². The number of carboxylic acids is 1. The molecule has 1 fully saturated rings. The maximum absolute atomic E-state index is 12.4. The fraction of sp³-hybridized carbons (Fsp3) is 0.200. The van der Waals surface area contributed by atoms with Gasteiger partial charge in [-0.15, -0.1) is 0 Å². The summed E-state index contributed by atoms with van der Waals surface area (Å²) in [6.45, 7) is -0.884. The number of phenolic OH excluding ortho intramolecular Hbond substituents is 1. The maximum Gasteiger partial charge on any atom is 0.322 e. The number of nitrogens with zero attached hydrogens (tertiary/aromatic N) is 1. The number of hydrogen-bond acceptors (Lipinski definition) is 7. The Bertz CT molecular complexity index is 777. The van der Waals surface area contributed by atoms with Gasteiger partial charge in [0.1, 0.15) is 17.4 Å². The summed E-state index contributed by atoms with van der Waals surface area (Å²) in [6.07, 6.45) is 1.57. The van der Waals surface area contributed by atoms with Crippen molar-refractivity contribution in [2.45, 2.75) is 0 Å². The molecule has 2 rings (SSSR count). The van der Waals surface area contributed by atoms with Gasteiger partial charge >= 0.3 is 5.97 Å². The number of rotatable bonds is 6. The Morgan fingerprint density at radius 3 is 2.80 bits per heavy atom. The summed E-state index contributed by atoms with van der Waals surface area (Å²) in [4.78, 5) is 35.9. The molecule has 0 aliphatic carbocycles. The van der Waals surface area contributed by atoms with Gasteiger partial charge in [-0.05, 0) is 23.8 Å². The Morgan fingerprint density at radius 1 is 1.44 bits per heavy atom. The van der Waals surface area contributed by atoms with E-state index in [1.54, 1.807) is 18.2 Å². The van der Waals surface area contributed by atoms with E-state index >= 15 is 0 Å². The zero-order valence-corrected chi connectivity index (χ0v) is 14.6. The topological polar surface area (TPSA) is 116 Å². The Kier molecular flexibility index (Phi) is 5.99. The van der Waals surface area contributed by atoms with E-state index in [0.717, 1.165) is 16.7 Å². The predicted molar refractivity (Wildman–Crippen MR) is 95.2 cm³/mol. The van der Waals surface area contributed by atoms with Gasteiger partial charge in [0, 0.05) is 0 Å². The molecule has 132 valence electrons.